The Balaban J connectivity index is 1.75. The number of nitrogens with one attached hydrogen (secondary N) is 1. The van der Waals surface area contributed by atoms with E-state index in [1.165, 1.54) is 12.5 Å². The monoisotopic (exact) mass is 369 g/mol. The lowest BCUT2D eigenvalue weighted by Gasteiger charge is -2.25. The number of rotatable bonds is 4. The van der Waals surface area contributed by atoms with E-state index in [9.17, 15) is 10.1 Å². The summed E-state index contributed by atoms with van der Waals surface area (Å²) in [4.78, 5) is 14.6. The minimum atomic E-state index is -0.492. The van der Waals surface area contributed by atoms with Crippen molar-refractivity contribution in [2.24, 2.45) is 0 Å². The Bertz CT molecular complexity index is 873. The molecule has 0 atom stereocenters. The number of halogens is 1. The summed E-state index contributed by atoms with van der Waals surface area (Å²) >= 11 is 5.97. The van der Waals surface area contributed by atoms with Crippen LogP contribution in [-0.2, 0) is 4.79 Å². The lowest BCUT2D eigenvalue weighted by atomic mass is 10.1. The zero-order valence-electron chi connectivity index (χ0n) is 14.6. The molecule has 3 rings (SSSR count). The van der Waals surface area contributed by atoms with Crippen molar-refractivity contribution in [2.45, 2.75) is 26.2 Å². The Morgan fingerprint density at radius 3 is 2.77 bits per heavy atom. The lowest BCUT2D eigenvalue weighted by molar-refractivity contribution is -0.112. The van der Waals surface area contributed by atoms with Gasteiger partial charge in [-0.3, -0.25) is 4.79 Å². The van der Waals surface area contributed by atoms with E-state index < -0.39 is 5.91 Å². The molecule has 2 aromatic rings. The Morgan fingerprint density at radius 2 is 2.04 bits per heavy atom. The van der Waals surface area contributed by atoms with Crippen molar-refractivity contribution >= 4 is 35.2 Å². The molecule has 5 nitrogen and oxygen atoms in total. The Kier molecular flexibility index (Phi) is 5.65. The molecule has 1 fully saturated rings. The second kappa shape index (κ2) is 8.11. The van der Waals surface area contributed by atoms with Gasteiger partial charge in [0.1, 0.15) is 17.4 Å². The maximum Gasteiger partial charge on any atom is 0.266 e. The molecule has 134 valence electrons. The standard InChI is InChI=1S/C20H20ClN3O2/c1-14-5-6-16(21)12-18(14)23-20(25)15(13-22)11-17-7-8-19(26-17)24-9-3-2-4-10-24/h5-8,11-12H,2-4,9-10H2,1H3,(H,23,25)/b15-11+. The highest BCUT2D eigenvalue weighted by Crippen LogP contribution is 2.24. The van der Waals surface area contributed by atoms with Crippen LogP contribution in [0.15, 0.2) is 40.3 Å². The van der Waals surface area contributed by atoms with E-state index in [4.69, 9.17) is 16.0 Å². The predicted octanol–water partition coefficient (Wildman–Crippen LogP) is 4.78. The SMILES string of the molecule is Cc1ccc(Cl)cc1NC(=O)/C(C#N)=C/c1ccc(N2CCCCC2)o1. The van der Waals surface area contributed by atoms with Crippen molar-refractivity contribution in [1.82, 2.24) is 0 Å². The number of carbonyl (C=O) groups excluding carboxylic acids is 1. The molecular weight excluding hydrogens is 350 g/mol. The van der Waals surface area contributed by atoms with Crippen LogP contribution in [0, 0.1) is 18.3 Å². The number of furan rings is 1. The highest BCUT2D eigenvalue weighted by Gasteiger charge is 2.16. The molecule has 0 bridgehead atoms. The van der Waals surface area contributed by atoms with E-state index >= 15 is 0 Å². The van der Waals surface area contributed by atoms with Gasteiger partial charge in [0.05, 0.1) is 0 Å². The van der Waals surface area contributed by atoms with Gasteiger partial charge in [-0.05, 0) is 49.9 Å². The summed E-state index contributed by atoms with van der Waals surface area (Å²) in [5.74, 6) is 0.771. The first kappa shape index (κ1) is 18.1. The number of piperidine rings is 1. The number of carbonyl (C=O) groups is 1. The van der Waals surface area contributed by atoms with Crippen LogP contribution in [0.25, 0.3) is 6.08 Å². The highest BCUT2D eigenvalue weighted by atomic mass is 35.5. The van der Waals surface area contributed by atoms with E-state index in [2.05, 4.69) is 10.2 Å². The zero-order chi connectivity index (χ0) is 18.5. The fraction of sp³-hybridized carbons (Fsp3) is 0.300. The minimum absolute atomic E-state index is 0.0241. The second-order valence-electron chi connectivity index (χ2n) is 6.31. The number of anilines is 2. The predicted molar refractivity (Wildman–Crippen MR) is 103 cm³/mol. The summed E-state index contributed by atoms with van der Waals surface area (Å²) < 4.78 is 5.80. The van der Waals surface area contributed by atoms with Crippen LogP contribution in [0.3, 0.4) is 0 Å². The number of hydrogen-bond donors (Lipinski definition) is 1. The summed E-state index contributed by atoms with van der Waals surface area (Å²) in [5, 5.41) is 12.6. The van der Waals surface area contributed by atoms with Gasteiger partial charge in [-0.1, -0.05) is 17.7 Å². The van der Waals surface area contributed by atoms with Crippen LogP contribution < -0.4 is 10.2 Å². The van der Waals surface area contributed by atoms with Crippen LogP contribution in [0.4, 0.5) is 11.6 Å². The first-order valence-corrected chi connectivity index (χ1v) is 8.99. The van der Waals surface area contributed by atoms with Gasteiger partial charge in [0, 0.05) is 35.9 Å². The molecule has 0 spiro atoms. The normalized spacial score (nSPS) is 14.8. The fourth-order valence-electron chi connectivity index (χ4n) is 2.91. The molecule has 1 aromatic carbocycles. The average Bonchev–Trinajstić information content (AvgIpc) is 3.12. The Labute approximate surface area is 157 Å². The highest BCUT2D eigenvalue weighted by molar-refractivity contribution is 6.31. The van der Waals surface area contributed by atoms with Crippen LogP contribution in [0.1, 0.15) is 30.6 Å². The number of amides is 1. The molecular formula is C20H20ClN3O2. The van der Waals surface area contributed by atoms with E-state index in [0.717, 1.165) is 37.4 Å². The third-order valence-corrected chi connectivity index (χ3v) is 4.61. The van der Waals surface area contributed by atoms with Crippen LogP contribution in [0.5, 0.6) is 0 Å². The van der Waals surface area contributed by atoms with Gasteiger partial charge < -0.3 is 14.6 Å². The van der Waals surface area contributed by atoms with Crippen molar-refractivity contribution in [3.8, 4) is 6.07 Å². The maximum atomic E-state index is 12.4. The third-order valence-electron chi connectivity index (χ3n) is 4.38. The summed E-state index contributed by atoms with van der Waals surface area (Å²) in [6.45, 7) is 3.80. The number of nitriles is 1. The van der Waals surface area contributed by atoms with Crippen molar-refractivity contribution in [3.05, 3.63) is 52.3 Å². The summed E-state index contributed by atoms with van der Waals surface area (Å²) in [7, 11) is 0. The van der Waals surface area contributed by atoms with Crippen LogP contribution >= 0.6 is 11.6 Å². The molecule has 2 heterocycles. The molecule has 26 heavy (non-hydrogen) atoms. The molecule has 1 amide bonds. The molecule has 1 N–H and O–H groups in total. The van der Waals surface area contributed by atoms with Crippen LogP contribution in [-0.4, -0.2) is 19.0 Å². The Hall–Kier alpha value is -2.71. The van der Waals surface area contributed by atoms with Gasteiger partial charge in [-0.25, -0.2) is 0 Å². The number of hydrogen-bond acceptors (Lipinski definition) is 4. The molecule has 0 radical (unpaired) electrons. The molecule has 6 heteroatoms. The molecule has 1 aliphatic heterocycles. The smallest absolute Gasteiger partial charge is 0.266 e. The van der Waals surface area contributed by atoms with E-state index in [-0.39, 0.29) is 5.57 Å². The second-order valence-corrected chi connectivity index (χ2v) is 6.74. The third kappa shape index (κ3) is 4.27. The van der Waals surface area contributed by atoms with Gasteiger partial charge >= 0.3 is 0 Å². The fourth-order valence-corrected chi connectivity index (χ4v) is 3.09. The number of aryl methyl sites for hydroxylation is 1. The van der Waals surface area contributed by atoms with Crippen LogP contribution in [0.2, 0.25) is 5.02 Å². The van der Waals surface area contributed by atoms with Gasteiger partial charge in [-0.2, -0.15) is 5.26 Å². The quantitative estimate of drug-likeness (QED) is 0.622. The Morgan fingerprint density at radius 1 is 1.27 bits per heavy atom. The molecule has 1 saturated heterocycles. The van der Waals surface area contributed by atoms with Crippen molar-refractivity contribution < 1.29 is 9.21 Å². The molecule has 0 saturated carbocycles. The van der Waals surface area contributed by atoms with E-state index in [1.807, 2.05) is 25.1 Å². The molecule has 1 aromatic heterocycles. The lowest BCUT2D eigenvalue weighted by Crippen LogP contribution is -2.28. The summed E-state index contributed by atoms with van der Waals surface area (Å²) in [5.41, 5.74) is 1.42. The molecule has 0 aliphatic carbocycles. The largest absolute Gasteiger partial charge is 0.441 e. The molecule has 1 aliphatic rings. The van der Waals surface area contributed by atoms with E-state index in [1.54, 1.807) is 18.2 Å². The van der Waals surface area contributed by atoms with E-state index in [0.29, 0.717) is 16.5 Å². The van der Waals surface area contributed by atoms with Crippen molar-refractivity contribution in [2.75, 3.05) is 23.3 Å². The minimum Gasteiger partial charge on any atom is -0.441 e. The first-order valence-electron chi connectivity index (χ1n) is 8.61. The zero-order valence-corrected chi connectivity index (χ0v) is 15.3. The van der Waals surface area contributed by atoms with Gasteiger partial charge in [0.15, 0.2) is 5.88 Å². The van der Waals surface area contributed by atoms with Gasteiger partial charge in [0.2, 0.25) is 0 Å². The average molecular weight is 370 g/mol. The topological polar surface area (TPSA) is 69.3 Å². The molecule has 0 unspecified atom stereocenters. The van der Waals surface area contributed by atoms with Gasteiger partial charge in [0.25, 0.3) is 5.91 Å². The number of nitrogens with zero attached hydrogens (tertiary/aromatic N) is 2. The first-order chi connectivity index (χ1) is 12.6. The van der Waals surface area contributed by atoms with Crippen molar-refractivity contribution in [3.63, 3.8) is 0 Å². The summed E-state index contributed by atoms with van der Waals surface area (Å²) in [6, 6.07) is 10.8. The van der Waals surface area contributed by atoms with Gasteiger partial charge in [-0.15, -0.1) is 0 Å². The van der Waals surface area contributed by atoms with Crippen molar-refractivity contribution in [1.29, 1.82) is 5.26 Å². The maximum absolute atomic E-state index is 12.4. The number of benzene rings is 1. The summed E-state index contributed by atoms with van der Waals surface area (Å²) in [6.07, 6.45) is 5.00.